The van der Waals surface area contributed by atoms with E-state index in [1.165, 1.54) is 10.5 Å². The van der Waals surface area contributed by atoms with Crippen LogP contribution in [0.25, 0.3) is 16.6 Å². The first-order chi connectivity index (χ1) is 11.5. The van der Waals surface area contributed by atoms with Crippen molar-refractivity contribution in [3.8, 4) is 10.6 Å². The molecule has 1 aliphatic carbocycles. The van der Waals surface area contributed by atoms with Crippen molar-refractivity contribution in [3.63, 3.8) is 0 Å². The molecule has 1 aliphatic heterocycles. The van der Waals surface area contributed by atoms with E-state index >= 15 is 0 Å². The van der Waals surface area contributed by atoms with Gasteiger partial charge in [0.2, 0.25) is 5.91 Å². The van der Waals surface area contributed by atoms with Gasteiger partial charge < -0.3 is 5.73 Å². The molecular weight excluding hydrogens is 322 g/mol. The number of nitrogens with zero attached hydrogens (tertiary/aromatic N) is 3. The molecule has 2 aliphatic rings. The Bertz CT molecular complexity index is 850. The van der Waals surface area contributed by atoms with E-state index in [4.69, 9.17) is 5.73 Å². The highest BCUT2D eigenvalue weighted by Gasteiger charge is 2.41. The SMILES string of the molecule is CN1C(=O)C[C@@](C)(C2C=Cc3[nH]nc(-c4cccs4)c3C2)N=C1N. The third-order valence-electron chi connectivity index (χ3n) is 4.97. The Morgan fingerprint density at radius 3 is 3.04 bits per heavy atom. The van der Waals surface area contributed by atoms with E-state index in [-0.39, 0.29) is 11.8 Å². The molecule has 0 radical (unpaired) electrons. The van der Waals surface area contributed by atoms with Gasteiger partial charge in [0.15, 0.2) is 5.96 Å². The summed E-state index contributed by atoms with van der Waals surface area (Å²) in [6.45, 7) is 2.01. The van der Waals surface area contributed by atoms with Crippen molar-refractivity contribution in [2.24, 2.45) is 16.6 Å². The minimum Gasteiger partial charge on any atom is -0.369 e. The molecule has 2 aromatic heterocycles. The molecule has 124 valence electrons. The van der Waals surface area contributed by atoms with Gasteiger partial charge in [-0.3, -0.25) is 14.8 Å². The van der Waals surface area contributed by atoms with Crippen molar-refractivity contribution in [1.29, 1.82) is 0 Å². The average Bonchev–Trinajstić information content (AvgIpc) is 3.20. The molecule has 3 heterocycles. The molecule has 0 fully saturated rings. The molecule has 2 atom stereocenters. The van der Waals surface area contributed by atoms with Gasteiger partial charge in [-0.05, 0) is 30.9 Å². The van der Waals surface area contributed by atoms with Crippen molar-refractivity contribution in [3.05, 3.63) is 34.8 Å². The quantitative estimate of drug-likeness (QED) is 0.878. The Labute approximate surface area is 144 Å². The Balaban J connectivity index is 1.70. The number of nitrogens with two attached hydrogens (primary N) is 1. The summed E-state index contributed by atoms with van der Waals surface area (Å²) < 4.78 is 0. The number of aromatic nitrogens is 2. The van der Waals surface area contributed by atoms with Crippen LogP contribution in [0.15, 0.2) is 28.6 Å². The second kappa shape index (κ2) is 5.31. The largest absolute Gasteiger partial charge is 0.369 e. The first-order valence-electron chi connectivity index (χ1n) is 7.89. The normalized spacial score (nSPS) is 26.4. The van der Waals surface area contributed by atoms with Crippen molar-refractivity contribution >= 4 is 29.3 Å². The van der Waals surface area contributed by atoms with E-state index in [0.717, 1.165) is 22.7 Å². The first kappa shape index (κ1) is 15.1. The Hall–Kier alpha value is -2.41. The second-order valence-corrected chi connectivity index (χ2v) is 7.52. The molecule has 0 saturated carbocycles. The number of aliphatic imine (C=N–C) groups is 1. The van der Waals surface area contributed by atoms with Gasteiger partial charge in [0.25, 0.3) is 0 Å². The third-order valence-corrected chi connectivity index (χ3v) is 5.85. The smallest absolute Gasteiger partial charge is 0.231 e. The van der Waals surface area contributed by atoms with E-state index in [1.54, 1.807) is 18.4 Å². The van der Waals surface area contributed by atoms with Crippen LogP contribution in [-0.4, -0.2) is 39.6 Å². The number of amides is 1. The number of carbonyl (C=O) groups excluding carboxylic acids is 1. The van der Waals surface area contributed by atoms with Crippen LogP contribution in [0.3, 0.4) is 0 Å². The molecule has 24 heavy (non-hydrogen) atoms. The van der Waals surface area contributed by atoms with Gasteiger partial charge in [0.05, 0.1) is 22.5 Å². The first-order valence-corrected chi connectivity index (χ1v) is 8.77. The number of hydrogen-bond donors (Lipinski definition) is 2. The van der Waals surface area contributed by atoms with E-state index < -0.39 is 5.54 Å². The Kier molecular flexibility index (Phi) is 3.35. The van der Waals surface area contributed by atoms with Gasteiger partial charge in [-0.1, -0.05) is 12.1 Å². The maximum absolute atomic E-state index is 12.2. The predicted molar refractivity (Wildman–Crippen MR) is 95.5 cm³/mol. The standard InChI is InChI=1S/C17H19N5OS/c1-17(9-14(23)22(2)16(18)19-17)10-5-6-12-11(8-10)15(21-20-12)13-4-3-7-24-13/h3-7,10H,8-9H2,1-2H3,(H2,18,19)(H,20,21)/t10?,17-/m0/s1. The van der Waals surface area contributed by atoms with Crippen molar-refractivity contribution in [2.75, 3.05) is 7.05 Å². The number of hydrogen-bond acceptors (Lipinski definition) is 5. The zero-order chi connectivity index (χ0) is 16.9. The van der Waals surface area contributed by atoms with Gasteiger partial charge in [-0.25, -0.2) is 4.99 Å². The van der Waals surface area contributed by atoms with Gasteiger partial charge in [0.1, 0.15) is 5.69 Å². The molecule has 0 spiro atoms. The fourth-order valence-corrected chi connectivity index (χ4v) is 4.15. The second-order valence-electron chi connectivity index (χ2n) is 6.57. The number of fused-ring (bicyclic) bond motifs is 1. The number of guanidine groups is 1. The summed E-state index contributed by atoms with van der Waals surface area (Å²) in [7, 11) is 1.67. The Morgan fingerprint density at radius 2 is 2.33 bits per heavy atom. The van der Waals surface area contributed by atoms with Crippen molar-refractivity contribution in [1.82, 2.24) is 15.1 Å². The number of rotatable bonds is 2. The number of nitrogens with one attached hydrogen (secondary N) is 1. The highest BCUT2D eigenvalue weighted by Crippen LogP contribution is 2.39. The van der Waals surface area contributed by atoms with E-state index in [9.17, 15) is 4.79 Å². The van der Waals surface area contributed by atoms with Gasteiger partial charge in [-0.2, -0.15) is 5.10 Å². The van der Waals surface area contributed by atoms with Crippen LogP contribution in [0.1, 0.15) is 24.6 Å². The molecule has 1 amide bonds. The molecule has 0 saturated heterocycles. The minimum absolute atomic E-state index is 0.00914. The lowest BCUT2D eigenvalue weighted by atomic mass is 9.75. The lowest BCUT2D eigenvalue weighted by Crippen LogP contribution is -2.51. The summed E-state index contributed by atoms with van der Waals surface area (Å²) in [6.07, 6.45) is 5.32. The highest BCUT2D eigenvalue weighted by atomic mass is 32.1. The zero-order valence-corrected chi connectivity index (χ0v) is 14.4. The summed E-state index contributed by atoms with van der Waals surface area (Å²) in [6, 6.07) is 4.10. The fraction of sp³-hybridized carbons (Fsp3) is 0.353. The van der Waals surface area contributed by atoms with Crippen LogP contribution in [0.4, 0.5) is 0 Å². The summed E-state index contributed by atoms with van der Waals surface area (Å²) in [5.41, 5.74) is 8.64. The number of carbonyl (C=O) groups is 1. The third kappa shape index (κ3) is 2.27. The van der Waals surface area contributed by atoms with Crippen LogP contribution in [0.2, 0.25) is 0 Å². The molecule has 4 rings (SSSR count). The van der Waals surface area contributed by atoms with Gasteiger partial charge in [0, 0.05) is 18.5 Å². The van der Waals surface area contributed by atoms with Crippen LogP contribution >= 0.6 is 11.3 Å². The molecule has 2 aromatic rings. The summed E-state index contributed by atoms with van der Waals surface area (Å²) in [5, 5.41) is 9.64. The maximum atomic E-state index is 12.2. The van der Waals surface area contributed by atoms with Crippen LogP contribution < -0.4 is 5.73 Å². The van der Waals surface area contributed by atoms with Crippen LogP contribution in [-0.2, 0) is 11.2 Å². The average molecular weight is 341 g/mol. The van der Waals surface area contributed by atoms with E-state index in [1.807, 2.05) is 19.1 Å². The maximum Gasteiger partial charge on any atom is 0.231 e. The van der Waals surface area contributed by atoms with E-state index in [0.29, 0.717) is 12.4 Å². The molecule has 0 bridgehead atoms. The lowest BCUT2D eigenvalue weighted by molar-refractivity contribution is -0.128. The number of aromatic amines is 1. The molecular formula is C17H19N5OS. The summed E-state index contributed by atoms with van der Waals surface area (Å²) in [4.78, 5) is 19.4. The van der Waals surface area contributed by atoms with Crippen LogP contribution in [0.5, 0.6) is 0 Å². The van der Waals surface area contributed by atoms with Gasteiger partial charge in [-0.15, -0.1) is 11.3 Å². The van der Waals surface area contributed by atoms with Crippen molar-refractivity contribution < 1.29 is 4.79 Å². The fourth-order valence-electron chi connectivity index (χ4n) is 3.41. The highest BCUT2D eigenvalue weighted by molar-refractivity contribution is 7.13. The van der Waals surface area contributed by atoms with E-state index in [2.05, 4.69) is 32.7 Å². The number of thiophene rings is 1. The zero-order valence-electron chi connectivity index (χ0n) is 13.6. The van der Waals surface area contributed by atoms with Crippen molar-refractivity contribution in [2.45, 2.75) is 25.3 Å². The number of H-pyrrole nitrogens is 1. The topological polar surface area (TPSA) is 87.4 Å². The molecule has 3 N–H and O–H groups in total. The van der Waals surface area contributed by atoms with Gasteiger partial charge >= 0.3 is 0 Å². The summed E-state index contributed by atoms with van der Waals surface area (Å²) >= 11 is 1.68. The summed E-state index contributed by atoms with van der Waals surface area (Å²) in [5.74, 6) is 0.408. The molecule has 1 unspecified atom stereocenters. The monoisotopic (exact) mass is 341 g/mol. The predicted octanol–water partition coefficient (Wildman–Crippen LogP) is 2.26. The molecule has 0 aromatic carbocycles. The lowest BCUT2D eigenvalue weighted by Gasteiger charge is -2.38. The minimum atomic E-state index is -0.522. The molecule has 7 heteroatoms. The van der Waals surface area contributed by atoms with Crippen LogP contribution in [0, 0.1) is 5.92 Å². The molecule has 6 nitrogen and oxygen atoms in total. The Morgan fingerprint density at radius 1 is 1.50 bits per heavy atom.